The van der Waals surface area contributed by atoms with Crippen molar-refractivity contribution in [3.63, 3.8) is 0 Å². The Labute approximate surface area is 116 Å². The lowest BCUT2D eigenvalue weighted by Crippen LogP contribution is -2.29. The van der Waals surface area contributed by atoms with Crippen LogP contribution in [0.4, 0.5) is 13.2 Å². The fraction of sp³-hybridized carbons (Fsp3) is 0.786. The minimum Gasteiger partial charge on any atom is -0.373 e. The highest BCUT2D eigenvalue weighted by Gasteiger charge is 2.41. The van der Waals surface area contributed by atoms with Crippen molar-refractivity contribution >= 4 is 0 Å². The average molecular weight is 288 g/mol. The molecule has 3 rings (SSSR count). The topological polar surface area (TPSA) is 27.1 Å². The number of hydrogen-bond donors (Lipinski definition) is 0. The number of nitrogens with zero attached hydrogens (tertiary/aromatic N) is 2. The van der Waals surface area contributed by atoms with Gasteiger partial charge in [-0.25, -0.2) is 0 Å². The molecule has 6 heteroatoms. The van der Waals surface area contributed by atoms with E-state index in [1.807, 2.05) is 6.92 Å². The summed E-state index contributed by atoms with van der Waals surface area (Å²) in [4.78, 5) is 0. The summed E-state index contributed by atoms with van der Waals surface area (Å²) in [7, 11) is 0. The summed E-state index contributed by atoms with van der Waals surface area (Å²) >= 11 is 0. The van der Waals surface area contributed by atoms with Gasteiger partial charge in [0.25, 0.3) is 0 Å². The SMILES string of the molecule is CC1CCCC(Cn2cc(C(F)(F)F)c(C3CC3)n2)O1. The van der Waals surface area contributed by atoms with E-state index in [-0.39, 0.29) is 23.8 Å². The van der Waals surface area contributed by atoms with E-state index in [0.29, 0.717) is 6.54 Å². The van der Waals surface area contributed by atoms with Crippen LogP contribution < -0.4 is 0 Å². The highest BCUT2D eigenvalue weighted by Crippen LogP contribution is 2.45. The molecule has 20 heavy (non-hydrogen) atoms. The first kappa shape index (κ1) is 13.9. The van der Waals surface area contributed by atoms with E-state index in [0.717, 1.165) is 38.3 Å². The lowest BCUT2D eigenvalue weighted by atomic mass is 10.1. The van der Waals surface area contributed by atoms with E-state index in [4.69, 9.17) is 4.74 Å². The number of halogens is 3. The second kappa shape index (κ2) is 5.06. The molecule has 2 heterocycles. The molecule has 1 aliphatic carbocycles. The normalized spacial score (nSPS) is 27.8. The van der Waals surface area contributed by atoms with Gasteiger partial charge in [0.1, 0.15) is 0 Å². The Kier molecular flexibility index (Phi) is 3.52. The van der Waals surface area contributed by atoms with E-state index in [1.165, 1.54) is 4.68 Å². The van der Waals surface area contributed by atoms with Gasteiger partial charge in [0, 0.05) is 12.1 Å². The second-order valence-corrected chi connectivity index (χ2v) is 5.92. The quantitative estimate of drug-likeness (QED) is 0.847. The van der Waals surface area contributed by atoms with E-state index in [1.54, 1.807) is 0 Å². The number of alkyl halides is 3. The van der Waals surface area contributed by atoms with Crippen LogP contribution in [0.1, 0.15) is 56.2 Å². The lowest BCUT2D eigenvalue weighted by Gasteiger charge is -2.27. The smallest absolute Gasteiger partial charge is 0.373 e. The van der Waals surface area contributed by atoms with Gasteiger partial charge in [-0.2, -0.15) is 18.3 Å². The van der Waals surface area contributed by atoms with Crippen LogP contribution in [-0.2, 0) is 17.5 Å². The highest BCUT2D eigenvalue weighted by molar-refractivity contribution is 5.27. The van der Waals surface area contributed by atoms with Crippen LogP contribution in [0.15, 0.2) is 6.20 Å². The summed E-state index contributed by atoms with van der Waals surface area (Å²) in [5.74, 6) is -0.000859. The average Bonchev–Trinajstić information content (AvgIpc) is 3.10. The van der Waals surface area contributed by atoms with Crippen LogP contribution in [0.2, 0.25) is 0 Å². The molecule has 1 aliphatic heterocycles. The molecule has 1 aromatic rings. The zero-order valence-electron chi connectivity index (χ0n) is 11.5. The Morgan fingerprint density at radius 2 is 2.05 bits per heavy atom. The molecule has 112 valence electrons. The Bertz CT molecular complexity index is 479. The molecule has 2 unspecified atom stereocenters. The third-order valence-corrected chi connectivity index (χ3v) is 4.01. The molecule has 0 amide bonds. The Morgan fingerprint density at radius 1 is 1.30 bits per heavy atom. The molecule has 2 aliphatic rings. The standard InChI is InChI=1S/C14H19F3N2O/c1-9-3-2-4-11(20-9)7-19-8-12(14(15,16)17)13(18-19)10-5-6-10/h8-11H,2-7H2,1H3. The first-order chi connectivity index (χ1) is 9.43. The minimum absolute atomic E-state index is 0.000859. The summed E-state index contributed by atoms with van der Waals surface area (Å²) in [5.41, 5.74) is -0.342. The van der Waals surface area contributed by atoms with Crippen LogP contribution in [0.25, 0.3) is 0 Å². The molecular weight excluding hydrogens is 269 g/mol. The molecule has 1 aromatic heterocycles. The second-order valence-electron chi connectivity index (χ2n) is 5.92. The summed E-state index contributed by atoms with van der Waals surface area (Å²) in [6, 6.07) is 0. The zero-order valence-corrected chi connectivity index (χ0v) is 11.5. The minimum atomic E-state index is -4.31. The fourth-order valence-corrected chi connectivity index (χ4v) is 2.85. The van der Waals surface area contributed by atoms with Gasteiger partial charge in [0.2, 0.25) is 0 Å². The van der Waals surface area contributed by atoms with Crippen molar-refractivity contribution in [3.05, 3.63) is 17.5 Å². The molecule has 2 atom stereocenters. The van der Waals surface area contributed by atoms with Gasteiger partial charge in [0.05, 0.1) is 30.0 Å². The maximum Gasteiger partial charge on any atom is 0.419 e. The monoisotopic (exact) mass is 288 g/mol. The van der Waals surface area contributed by atoms with Gasteiger partial charge in [-0.05, 0) is 39.0 Å². The van der Waals surface area contributed by atoms with Gasteiger partial charge >= 0.3 is 6.18 Å². The van der Waals surface area contributed by atoms with E-state index < -0.39 is 11.7 Å². The Hall–Kier alpha value is -1.04. The first-order valence-corrected chi connectivity index (χ1v) is 7.23. The fourth-order valence-electron chi connectivity index (χ4n) is 2.85. The molecule has 0 spiro atoms. The first-order valence-electron chi connectivity index (χ1n) is 7.23. The van der Waals surface area contributed by atoms with E-state index in [9.17, 15) is 13.2 Å². The van der Waals surface area contributed by atoms with Gasteiger partial charge in [-0.15, -0.1) is 0 Å². The number of hydrogen-bond acceptors (Lipinski definition) is 2. The Balaban J connectivity index is 1.76. The van der Waals surface area contributed by atoms with E-state index in [2.05, 4.69) is 5.10 Å². The van der Waals surface area contributed by atoms with Crippen molar-refractivity contribution in [2.24, 2.45) is 0 Å². The summed E-state index contributed by atoms with van der Waals surface area (Å²) < 4.78 is 46.2. The van der Waals surface area contributed by atoms with Crippen molar-refractivity contribution in [3.8, 4) is 0 Å². The number of rotatable bonds is 3. The summed E-state index contributed by atoms with van der Waals surface area (Å²) in [6.45, 7) is 2.42. The molecule has 0 bridgehead atoms. The molecular formula is C14H19F3N2O. The molecule has 1 saturated carbocycles. The van der Waals surface area contributed by atoms with Gasteiger partial charge in [0.15, 0.2) is 0 Å². The molecule has 1 saturated heterocycles. The van der Waals surface area contributed by atoms with Crippen molar-refractivity contribution < 1.29 is 17.9 Å². The largest absolute Gasteiger partial charge is 0.419 e. The van der Waals surface area contributed by atoms with E-state index >= 15 is 0 Å². The van der Waals surface area contributed by atoms with Crippen molar-refractivity contribution in [2.45, 2.75) is 69.9 Å². The zero-order chi connectivity index (χ0) is 14.3. The van der Waals surface area contributed by atoms with Crippen LogP contribution in [0, 0.1) is 0 Å². The molecule has 0 radical (unpaired) electrons. The summed E-state index contributed by atoms with van der Waals surface area (Å²) in [6.07, 6.45) is 1.62. The van der Waals surface area contributed by atoms with Crippen LogP contribution in [0.3, 0.4) is 0 Å². The molecule has 0 N–H and O–H groups in total. The third-order valence-electron chi connectivity index (χ3n) is 4.01. The van der Waals surface area contributed by atoms with Crippen LogP contribution >= 0.6 is 0 Å². The van der Waals surface area contributed by atoms with Crippen molar-refractivity contribution in [1.29, 1.82) is 0 Å². The molecule has 3 nitrogen and oxygen atoms in total. The van der Waals surface area contributed by atoms with Crippen LogP contribution in [-0.4, -0.2) is 22.0 Å². The van der Waals surface area contributed by atoms with Crippen molar-refractivity contribution in [1.82, 2.24) is 9.78 Å². The number of aromatic nitrogens is 2. The number of ether oxygens (including phenoxy) is 1. The lowest BCUT2D eigenvalue weighted by molar-refractivity contribution is -0.138. The highest BCUT2D eigenvalue weighted by atomic mass is 19.4. The maximum absolute atomic E-state index is 13.0. The van der Waals surface area contributed by atoms with Crippen molar-refractivity contribution in [2.75, 3.05) is 0 Å². The molecule has 2 fully saturated rings. The van der Waals surface area contributed by atoms with Gasteiger partial charge < -0.3 is 4.74 Å². The predicted molar refractivity (Wildman–Crippen MR) is 67.4 cm³/mol. The third kappa shape index (κ3) is 3.00. The Morgan fingerprint density at radius 3 is 2.65 bits per heavy atom. The summed E-state index contributed by atoms with van der Waals surface area (Å²) in [5, 5.41) is 4.17. The predicted octanol–water partition coefficient (Wildman–Crippen LogP) is 3.74. The van der Waals surface area contributed by atoms with Gasteiger partial charge in [-0.1, -0.05) is 0 Å². The van der Waals surface area contributed by atoms with Crippen LogP contribution in [0.5, 0.6) is 0 Å². The maximum atomic E-state index is 13.0. The van der Waals surface area contributed by atoms with Gasteiger partial charge in [-0.3, -0.25) is 4.68 Å². The molecule has 0 aromatic carbocycles.